The van der Waals surface area contributed by atoms with Crippen LogP contribution < -0.4 is 9.80 Å². The Morgan fingerprint density at radius 1 is 0.750 bits per heavy atom. The van der Waals surface area contributed by atoms with Crippen molar-refractivity contribution < 1.29 is 0 Å². The predicted molar refractivity (Wildman–Crippen MR) is 105 cm³/mol. The van der Waals surface area contributed by atoms with E-state index in [2.05, 4.69) is 80.8 Å². The van der Waals surface area contributed by atoms with Crippen molar-refractivity contribution in [2.75, 3.05) is 22.3 Å². The number of hydrogen-bond donors (Lipinski definition) is 0. The molecule has 2 nitrogen and oxygen atoms in total. The molecule has 0 amide bonds. The standard InChI is InChI=1S/C21H25ClN2/c1-14-8-6-9-15(2)20(14)23-13-24(19(12-22)18(23)5)21-16(3)10-7-11-17(21)4/h6-11H,12-13H2,1-5H3. The van der Waals surface area contributed by atoms with Gasteiger partial charge in [-0.15, -0.1) is 11.6 Å². The molecule has 3 heteroatoms. The number of benzene rings is 2. The highest BCUT2D eigenvalue weighted by atomic mass is 35.5. The molecule has 0 aromatic heterocycles. The normalized spacial score (nSPS) is 14.8. The molecule has 1 aliphatic rings. The van der Waals surface area contributed by atoms with Crippen molar-refractivity contribution in [3.05, 3.63) is 70.0 Å². The first-order valence-electron chi connectivity index (χ1n) is 8.39. The monoisotopic (exact) mass is 340 g/mol. The smallest absolute Gasteiger partial charge is 0.0995 e. The van der Waals surface area contributed by atoms with Crippen LogP contribution in [-0.4, -0.2) is 12.5 Å². The summed E-state index contributed by atoms with van der Waals surface area (Å²) >= 11 is 6.36. The summed E-state index contributed by atoms with van der Waals surface area (Å²) in [5.74, 6) is 0.515. The van der Waals surface area contributed by atoms with E-state index in [9.17, 15) is 0 Å². The summed E-state index contributed by atoms with van der Waals surface area (Å²) in [5.41, 5.74) is 10.2. The van der Waals surface area contributed by atoms with Crippen molar-refractivity contribution in [2.24, 2.45) is 0 Å². The van der Waals surface area contributed by atoms with E-state index in [1.807, 2.05) is 0 Å². The summed E-state index contributed by atoms with van der Waals surface area (Å²) < 4.78 is 0. The highest BCUT2D eigenvalue weighted by molar-refractivity contribution is 6.20. The molecule has 2 aromatic rings. The lowest BCUT2D eigenvalue weighted by molar-refractivity contribution is 0.922. The van der Waals surface area contributed by atoms with Gasteiger partial charge in [-0.3, -0.25) is 0 Å². The summed E-state index contributed by atoms with van der Waals surface area (Å²) in [5, 5.41) is 0. The molecule has 0 atom stereocenters. The lowest BCUT2D eigenvalue weighted by atomic mass is 10.1. The first-order chi connectivity index (χ1) is 11.5. The summed E-state index contributed by atoms with van der Waals surface area (Å²) in [4.78, 5) is 4.77. The van der Waals surface area contributed by atoms with Crippen LogP contribution in [0.15, 0.2) is 47.8 Å². The van der Waals surface area contributed by atoms with E-state index in [1.54, 1.807) is 0 Å². The molecule has 0 saturated heterocycles. The Balaban J connectivity index is 2.11. The zero-order valence-electron chi connectivity index (χ0n) is 15.2. The molecule has 0 spiro atoms. The Bertz CT molecular complexity index is 767. The first kappa shape index (κ1) is 16.9. The molecule has 0 N–H and O–H groups in total. The van der Waals surface area contributed by atoms with E-state index in [0.717, 1.165) is 6.67 Å². The van der Waals surface area contributed by atoms with E-state index in [4.69, 9.17) is 11.6 Å². The molecule has 0 aliphatic carbocycles. The predicted octanol–water partition coefficient (Wildman–Crippen LogP) is 5.67. The molecule has 0 fully saturated rings. The average molecular weight is 341 g/mol. The molecule has 0 saturated carbocycles. The van der Waals surface area contributed by atoms with Gasteiger partial charge in [-0.05, 0) is 56.9 Å². The van der Waals surface area contributed by atoms with Gasteiger partial charge in [-0.25, -0.2) is 0 Å². The molecule has 0 unspecified atom stereocenters. The van der Waals surface area contributed by atoms with Gasteiger partial charge in [0.1, 0.15) is 0 Å². The van der Waals surface area contributed by atoms with Crippen LogP contribution in [0.25, 0.3) is 0 Å². The fraction of sp³-hybridized carbons (Fsp3) is 0.333. The van der Waals surface area contributed by atoms with Crippen LogP contribution >= 0.6 is 11.6 Å². The van der Waals surface area contributed by atoms with E-state index in [1.165, 1.54) is 45.0 Å². The van der Waals surface area contributed by atoms with Gasteiger partial charge in [0.2, 0.25) is 0 Å². The number of nitrogens with zero attached hydrogens (tertiary/aromatic N) is 2. The second kappa shape index (κ2) is 6.52. The molecule has 0 bridgehead atoms. The number of aryl methyl sites for hydroxylation is 4. The number of rotatable bonds is 3. The Labute approximate surface area is 150 Å². The summed E-state index contributed by atoms with van der Waals surface area (Å²) in [7, 11) is 0. The fourth-order valence-corrected chi connectivity index (χ4v) is 4.10. The molecule has 3 rings (SSSR count). The summed E-state index contributed by atoms with van der Waals surface area (Å²) in [6, 6.07) is 12.9. The maximum absolute atomic E-state index is 6.36. The lowest BCUT2D eigenvalue weighted by Gasteiger charge is -2.28. The number of allylic oxidation sites excluding steroid dienone is 2. The Kier molecular flexibility index (Phi) is 4.60. The van der Waals surface area contributed by atoms with Crippen LogP contribution in [0.3, 0.4) is 0 Å². The molecular weight excluding hydrogens is 316 g/mol. The third kappa shape index (κ3) is 2.69. The van der Waals surface area contributed by atoms with Crippen molar-refractivity contribution in [2.45, 2.75) is 34.6 Å². The molecule has 2 aromatic carbocycles. The molecule has 1 heterocycles. The van der Waals surface area contributed by atoms with Crippen molar-refractivity contribution in [3.8, 4) is 0 Å². The number of anilines is 2. The Morgan fingerprint density at radius 3 is 1.58 bits per heavy atom. The highest BCUT2D eigenvalue weighted by Gasteiger charge is 2.30. The Hall–Kier alpha value is -1.93. The van der Waals surface area contributed by atoms with Crippen molar-refractivity contribution >= 4 is 23.0 Å². The lowest BCUT2D eigenvalue weighted by Crippen LogP contribution is -2.29. The number of halogens is 1. The quantitative estimate of drug-likeness (QED) is 0.664. The zero-order chi connectivity index (χ0) is 17.4. The van der Waals surface area contributed by atoms with Crippen LogP contribution in [-0.2, 0) is 0 Å². The van der Waals surface area contributed by atoms with Crippen molar-refractivity contribution in [1.82, 2.24) is 0 Å². The highest BCUT2D eigenvalue weighted by Crippen LogP contribution is 2.38. The third-order valence-electron chi connectivity index (χ3n) is 4.98. The van der Waals surface area contributed by atoms with Crippen LogP contribution in [0.1, 0.15) is 29.2 Å². The summed E-state index contributed by atoms with van der Waals surface area (Å²) in [6.07, 6.45) is 0. The first-order valence-corrected chi connectivity index (χ1v) is 8.92. The van der Waals surface area contributed by atoms with Gasteiger partial charge in [0.15, 0.2) is 0 Å². The number of para-hydroxylation sites is 2. The summed E-state index contributed by atoms with van der Waals surface area (Å²) in [6.45, 7) is 11.7. The number of hydrogen-bond acceptors (Lipinski definition) is 2. The van der Waals surface area contributed by atoms with E-state index < -0.39 is 0 Å². The average Bonchev–Trinajstić information content (AvgIpc) is 2.83. The van der Waals surface area contributed by atoms with E-state index in [0.29, 0.717) is 5.88 Å². The van der Waals surface area contributed by atoms with Crippen LogP contribution in [0.2, 0.25) is 0 Å². The van der Waals surface area contributed by atoms with Gasteiger partial charge in [-0.2, -0.15) is 0 Å². The maximum atomic E-state index is 6.36. The topological polar surface area (TPSA) is 6.48 Å². The van der Waals surface area contributed by atoms with E-state index >= 15 is 0 Å². The number of alkyl halides is 1. The molecule has 1 aliphatic heterocycles. The minimum Gasteiger partial charge on any atom is -0.325 e. The van der Waals surface area contributed by atoms with Gasteiger partial charge in [-0.1, -0.05) is 36.4 Å². The zero-order valence-corrected chi connectivity index (χ0v) is 15.9. The molecule has 126 valence electrons. The van der Waals surface area contributed by atoms with Crippen molar-refractivity contribution in [3.63, 3.8) is 0 Å². The largest absolute Gasteiger partial charge is 0.325 e. The SMILES string of the molecule is CC1=C(CCl)N(c2c(C)cccc2C)CN1c1c(C)cccc1C. The van der Waals surface area contributed by atoms with E-state index in [-0.39, 0.29) is 0 Å². The van der Waals surface area contributed by atoms with Gasteiger partial charge < -0.3 is 9.80 Å². The van der Waals surface area contributed by atoms with Crippen molar-refractivity contribution in [1.29, 1.82) is 0 Å². The molecular formula is C21H25ClN2. The van der Waals surface area contributed by atoms with Gasteiger partial charge in [0.05, 0.1) is 18.2 Å². The van der Waals surface area contributed by atoms with Gasteiger partial charge in [0, 0.05) is 17.1 Å². The maximum Gasteiger partial charge on any atom is 0.0995 e. The van der Waals surface area contributed by atoms with Gasteiger partial charge >= 0.3 is 0 Å². The minimum atomic E-state index is 0.515. The van der Waals surface area contributed by atoms with Crippen LogP contribution in [0, 0.1) is 27.7 Å². The van der Waals surface area contributed by atoms with Gasteiger partial charge in [0.25, 0.3) is 0 Å². The van der Waals surface area contributed by atoms with Crippen LogP contribution in [0.4, 0.5) is 11.4 Å². The molecule has 0 radical (unpaired) electrons. The fourth-order valence-electron chi connectivity index (χ4n) is 3.76. The van der Waals surface area contributed by atoms with Crippen LogP contribution in [0.5, 0.6) is 0 Å². The third-order valence-corrected chi connectivity index (χ3v) is 5.23. The molecule has 24 heavy (non-hydrogen) atoms. The Morgan fingerprint density at radius 2 is 1.17 bits per heavy atom. The second-order valence-corrected chi connectivity index (χ2v) is 6.91. The minimum absolute atomic E-state index is 0.515. The second-order valence-electron chi connectivity index (χ2n) is 6.64.